The lowest BCUT2D eigenvalue weighted by Crippen LogP contribution is -1.98. The van der Waals surface area contributed by atoms with E-state index in [9.17, 15) is 0 Å². The van der Waals surface area contributed by atoms with E-state index in [2.05, 4.69) is 143 Å². The Morgan fingerprint density at radius 1 is 0.447 bits per heavy atom. The van der Waals surface area contributed by atoms with Gasteiger partial charge in [0.2, 0.25) is 0 Å². The molecule has 3 heteroatoms. The molecule has 0 aliphatic rings. The predicted molar refractivity (Wildman–Crippen MR) is 158 cm³/mol. The summed E-state index contributed by atoms with van der Waals surface area (Å²) in [5, 5.41) is 4.89. The number of para-hydroxylation sites is 3. The topological polar surface area (TPSA) is 22.8 Å². The summed E-state index contributed by atoms with van der Waals surface area (Å²) >= 11 is 0. The third-order valence-corrected chi connectivity index (χ3v) is 7.48. The quantitative estimate of drug-likeness (QED) is 0.245. The number of aromatic nitrogens is 3. The van der Waals surface area contributed by atoms with E-state index < -0.39 is 0 Å². The molecule has 0 spiro atoms. The highest BCUT2D eigenvalue weighted by Gasteiger charge is 2.19. The lowest BCUT2D eigenvalue weighted by molar-refractivity contribution is 1.11. The first-order valence-corrected chi connectivity index (χ1v) is 12.9. The van der Waals surface area contributed by atoms with Crippen molar-refractivity contribution in [3.8, 4) is 22.8 Å². The highest BCUT2D eigenvalue weighted by Crippen LogP contribution is 2.39. The van der Waals surface area contributed by atoms with Crippen LogP contribution in [0.1, 0.15) is 0 Å². The molecular weight excluding hydrogens is 462 g/mol. The highest BCUT2D eigenvalue weighted by molar-refractivity contribution is 6.18. The van der Waals surface area contributed by atoms with Gasteiger partial charge in [-0.25, -0.2) is 4.98 Å². The van der Waals surface area contributed by atoms with Gasteiger partial charge in [-0.05, 0) is 53.9 Å². The molecule has 0 radical (unpaired) electrons. The largest absolute Gasteiger partial charge is 0.309 e. The van der Waals surface area contributed by atoms with Crippen molar-refractivity contribution in [1.82, 2.24) is 14.1 Å². The van der Waals surface area contributed by atoms with Gasteiger partial charge in [0.1, 0.15) is 5.82 Å². The number of nitrogens with zero attached hydrogens (tertiary/aromatic N) is 3. The smallest absolute Gasteiger partial charge is 0.145 e. The third-order valence-electron chi connectivity index (χ3n) is 7.48. The summed E-state index contributed by atoms with van der Waals surface area (Å²) in [6.07, 6.45) is 0. The molecule has 38 heavy (non-hydrogen) atoms. The average Bonchev–Trinajstić information content (AvgIpc) is 3.54. The van der Waals surface area contributed by atoms with Crippen molar-refractivity contribution < 1.29 is 0 Å². The van der Waals surface area contributed by atoms with Gasteiger partial charge in [0.25, 0.3) is 0 Å². The fourth-order valence-electron chi connectivity index (χ4n) is 5.82. The number of benzene rings is 6. The van der Waals surface area contributed by atoms with Gasteiger partial charge < -0.3 is 4.57 Å². The standard InChI is InChI=1S/C35H23N3/c1-4-12-24(13-5-1)35-36-31-21-20-25-22-33-30(23-29(25)34(31)38(35)27-16-8-3-9-17-27)28-18-10-11-19-32(28)37(33)26-14-6-2-7-15-26/h1-23H. The normalized spacial score (nSPS) is 11.7. The van der Waals surface area contributed by atoms with E-state index >= 15 is 0 Å². The van der Waals surface area contributed by atoms with Crippen LogP contribution < -0.4 is 0 Å². The SMILES string of the molecule is c1ccc(-c2nc3ccc4cc5c(cc4c3n2-c2ccccc2)c2ccccc2n5-c2ccccc2)cc1. The van der Waals surface area contributed by atoms with Crippen LogP contribution in [0.15, 0.2) is 140 Å². The Balaban J connectivity index is 1.53. The Morgan fingerprint density at radius 3 is 1.82 bits per heavy atom. The van der Waals surface area contributed by atoms with E-state index in [1.807, 2.05) is 6.07 Å². The maximum Gasteiger partial charge on any atom is 0.145 e. The van der Waals surface area contributed by atoms with Crippen molar-refractivity contribution in [2.75, 3.05) is 0 Å². The predicted octanol–water partition coefficient (Wildman–Crippen LogP) is 8.94. The summed E-state index contributed by atoms with van der Waals surface area (Å²) in [4.78, 5) is 5.16. The molecular formula is C35H23N3. The molecule has 0 fully saturated rings. The molecule has 0 aliphatic carbocycles. The summed E-state index contributed by atoms with van der Waals surface area (Å²) in [6, 6.07) is 49.4. The van der Waals surface area contributed by atoms with Crippen LogP contribution in [0.4, 0.5) is 0 Å². The van der Waals surface area contributed by atoms with Crippen molar-refractivity contribution in [2.45, 2.75) is 0 Å². The molecule has 0 saturated carbocycles. The Morgan fingerprint density at radius 2 is 1.08 bits per heavy atom. The second-order valence-electron chi connectivity index (χ2n) is 9.68. The van der Waals surface area contributed by atoms with E-state index in [4.69, 9.17) is 4.98 Å². The van der Waals surface area contributed by atoms with Gasteiger partial charge in [-0.1, -0.05) is 91.0 Å². The van der Waals surface area contributed by atoms with Gasteiger partial charge in [-0.2, -0.15) is 0 Å². The van der Waals surface area contributed by atoms with Gasteiger partial charge in [0.15, 0.2) is 0 Å². The Bertz CT molecular complexity index is 2100. The number of rotatable bonds is 3. The van der Waals surface area contributed by atoms with Gasteiger partial charge in [-0.3, -0.25) is 4.57 Å². The van der Waals surface area contributed by atoms with E-state index in [0.717, 1.165) is 28.1 Å². The van der Waals surface area contributed by atoms with Gasteiger partial charge in [0.05, 0.1) is 22.1 Å². The molecule has 8 rings (SSSR count). The maximum absolute atomic E-state index is 5.16. The molecule has 2 aromatic heterocycles. The Hall–Kier alpha value is -5.15. The summed E-state index contributed by atoms with van der Waals surface area (Å²) in [5.41, 5.74) is 7.91. The minimum absolute atomic E-state index is 0.950. The van der Waals surface area contributed by atoms with Crippen LogP contribution in [-0.4, -0.2) is 14.1 Å². The second-order valence-corrected chi connectivity index (χ2v) is 9.68. The van der Waals surface area contributed by atoms with Crippen LogP contribution in [0.2, 0.25) is 0 Å². The van der Waals surface area contributed by atoms with Crippen molar-refractivity contribution in [2.24, 2.45) is 0 Å². The summed E-state index contributed by atoms with van der Waals surface area (Å²) in [5.74, 6) is 0.950. The molecule has 8 aromatic rings. The molecule has 0 saturated heterocycles. The minimum atomic E-state index is 0.950. The molecule has 0 amide bonds. The van der Waals surface area contributed by atoms with E-state index in [-0.39, 0.29) is 0 Å². The molecule has 178 valence electrons. The van der Waals surface area contributed by atoms with Crippen molar-refractivity contribution in [3.63, 3.8) is 0 Å². The average molecular weight is 486 g/mol. The molecule has 0 bridgehead atoms. The van der Waals surface area contributed by atoms with Crippen LogP contribution in [0.5, 0.6) is 0 Å². The van der Waals surface area contributed by atoms with Crippen LogP contribution in [0.3, 0.4) is 0 Å². The minimum Gasteiger partial charge on any atom is -0.309 e. The monoisotopic (exact) mass is 485 g/mol. The molecule has 0 N–H and O–H groups in total. The third kappa shape index (κ3) is 3.06. The summed E-state index contributed by atoms with van der Waals surface area (Å²) in [6.45, 7) is 0. The zero-order valence-electron chi connectivity index (χ0n) is 20.6. The van der Waals surface area contributed by atoms with E-state index in [1.165, 1.54) is 38.3 Å². The second kappa shape index (κ2) is 8.19. The maximum atomic E-state index is 5.16. The summed E-state index contributed by atoms with van der Waals surface area (Å²) < 4.78 is 4.69. The van der Waals surface area contributed by atoms with Gasteiger partial charge in [0, 0.05) is 33.1 Å². The molecule has 2 heterocycles. The van der Waals surface area contributed by atoms with Gasteiger partial charge >= 0.3 is 0 Å². The summed E-state index contributed by atoms with van der Waals surface area (Å²) in [7, 11) is 0. The van der Waals surface area contributed by atoms with Crippen LogP contribution in [-0.2, 0) is 0 Å². The fourth-order valence-corrected chi connectivity index (χ4v) is 5.82. The first-order valence-electron chi connectivity index (χ1n) is 12.9. The number of fused-ring (bicyclic) bond motifs is 6. The Kier molecular flexibility index (Phi) is 4.52. The highest BCUT2D eigenvalue weighted by atomic mass is 15.1. The lowest BCUT2D eigenvalue weighted by Gasteiger charge is -2.12. The van der Waals surface area contributed by atoms with Gasteiger partial charge in [-0.15, -0.1) is 0 Å². The molecule has 3 nitrogen and oxygen atoms in total. The van der Waals surface area contributed by atoms with Crippen LogP contribution in [0, 0.1) is 0 Å². The zero-order valence-corrected chi connectivity index (χ0v) is 20.6. The lowest BCUT2D eigenvalue weighted by atomic mass is 10.0. The fraction of sp³-hybridized carbons (Fsp3) is 0. The molecule has 0 unspecified atom stereocenters. The van der Waals surface area contributed by atoms with Crippen molar-refractivity contribution in [1.29, 1.82) is 0 Å². The first kappa shape index (κ1) is 21.0. The van der Waals surface area contributed by atoms with Crippen LogP contribution >= 0.6 is 0 Å². The first-order chi connectivity index (χ1) is 18.9. The number of imidazole rings is 1. The van der Waals surface area contributed by atoms with Crippen molar-refractivity contribution in [3.05, 3.63) is 140 Å². The van der Waals surface area contributed by atoms with Crippen LogP contribution in [0.25, 0.3) is 66.4 Å². The Labute approximate surface area is 219 Å². The molecule has 0 atom stereocenters. The van der Waals surface area contributed by atoms with E-state index in [1.54, 1.807) is 0 Å². The number of hydrogen-bond acceptors (Lipinski definition) is 1. The van der Waals surface area contributed by atoms with Crippen molar-refractivity contribution >= 4 is 43.6 Å². The zero-order chi connectivity index (χ0) is 25.1. The molecule has 6 aromatic carbocycles. The van der Waals surface area contributed by atoms with E-state index in [0.29, 0.717) is 0 Å². The molecule has 0 aliphatic heterocycles. The number of hydrogen-bond donors (Lipinski definition) is 0.